The molecule has 1 amide bonds. The molecule has 0 aromatic heterocycles. The summed E-state index contributed by atoms with van der Waals surface area (Å²) in [6, 6.07) is 14.4. The van der Waals surface area contributed by atoms with Gasteiger partial charge in [0, 0.05) is 19.1 Å². The predicted octanol–water partition coefficient (Wildman–Crippen LogP) is 2.41. The maximum Gasteiger partial charge on any atom is 0.243 e. The Morgan fingerprint density at radius 1 is 0.879 bits per heavy atom. The van der Waals surface area contributed by atoms with Gasteiger partial charge in [-0.2, -0.15) is 4.31 Å². The van der Waals surface area contributed by atoms with Crippen molar-refractivity contribution in [1.82, 2.24) is 14.3 Å². The number of benzene rings is 2. The summed E-state index contributed by atoms with van der Waals surface area (Å²) in [5, 5.41) is 2.64. The van der Waals surface area contributed by atoms with Crippen molar-refractivity contribution in [2.75, 3.05) is 19.6 Å². The van der Waals surface area contributed by atoms with Gasteiger partial charge < -0.3 is 5.32 Å². The Balaban J connectivity index is 1.60. The number of carbonyl (C=O) groups excluding carboxylic acids is 1. The molecule has 1 saturated carbocycles. The fraction of sp³-hybridized carbons (Fsp3) is 0.435. The Kier molecular flexibility index (Phi) is 8.63. The number of nitrogens with one attached hydrogen (secondary N) is 2. The van der Waals surface area contributed by atoms with Crippen LogP contribution in [0, 0.1) is 6.92 Å². The van der Waals surface area contributed by atoms with E-state index >= 15 is 0 Å². The molecule has 3 rings (SSSR count). The molecule has 33 heavy (non-hydrogen) atoms. The first kappa shape index (κ1) is 25.4. The van der Waals surface area contributed by atoms with E-state index in [0.717, 1.165) is 37.7 Å². The minimum absolute atomic E-state index is 0.00316. The first-order valence-corrected chi connectivity index (χ1v) is 14.0. The second kappa shape index (κ2) is 11.2. The summed E-state index contributed by atoms with van der Waals surface area (Å²) >= 11 is 0. The van der Waals surface area contributed by atoms with Gasteiger partial charge in [-0.1, -0.05) is 55.2 Å². The molecule has 0 atom stereocenters. The summed E-state index contributed by atoms with van der Waals surface area (Å²) in [6.07, 6.45) is 4.34. The van der Waals surface area contributed by atoms with Gasteiger partial charge in [0.1, 0.15) is 0 Å². The molecule has 8 nitrogen and oxygen atoms in total. The largest absolute Gasteiger partial charge is 0.354 e. The van der Waals surface area contributed by atoms with E-state index in [0.29, 0.717) is 0 Å². The number of aryl methyl sites for hydroxylation is 1. The van der Waals surface area contributed by atoms with Crippen LogP contribution in [0.1, 0.15) is 37.7 Å². The van der Waals surface area contributed by atoms with Gasteiger partial charge in [0.2, 0.25) is 26.0 Å². The molecule has 0 bridgehead atoms. The maximum atomic E-state index is 13.3. The third kappa shape index (κ3) is 6.86. The molecule has 0 spiro atoms. The normalized spacial score (nSPS) is 15.5. The zero-order chi connectivity index (χ0) is 23.9. The molecule has 1 fully saturated rings. The van der Waals surface area contributed by atoms with E-state index in [1.54, 1.807) is 30.3 Å². The minimum Gasteiger partial charge on any atom is -0.354 e. The molecule has 0 heterocycles. The Morgan fingerprint density at radius 3 is 2.15 bits per heavy atom. The second-order valence-electron chi connectivity index (χ2n) is 8.22. The van der Waals surface area contributed by atoms with E-state index in [9.17, 15) is 21.6 Å². The minimum atomic E-state index is -3.83. The highest BCUT2D eigenvalue weighted by Crippen LogP contribution is 2.27. The van der Waals surface area contributed by atoms with Crippen LogP contribution < -0.4 is 10.0 Å². The van der Waals surface area contributed by atoms with Crippen molar-refractivity contribution in [1.29, 1.82) is 0 Å². The van der Waals surface area contributed by atoms with Crippen LogP contribution in [-0.2, 0) is 24.8 Å². The Bertz CT molecular complexity index is 1130. The van der Waals surface area contributed by atoms with Gasteiger partial charge in [0.05, 0.1) is 16.3 Å². The van der Waals surface area contributed by atoms with Crippen LogP contribution >= 0.6 is 0 Å². The summed E-state index contributed by atoms with van der Waals surface area (Å²) in [5.74, 6) is -0.463. The van der Waals surface area contributed by atoms with Crippen molar-refractivity contribution in [3.8, 4) is 0 Å². The van der Waals surface area contributed by atoms with Crippen LogP contribution in [0.3, 0.4) is 0 Å². The molecule has 0 aliphatic heterocycles. The van der Waals surface area contributed by atoms with Crippen LogP contribution in [0.5, 0.6) is 0 Å². The van der Waals surface area contributed by atoms with Crippen LogP contribution in [-0.4, -0.2) is 52.7 Å². The van der Waals surface area contributed by atoms with Gasteiger partial charge >= 0.3 is 0 Å². The molecular weight excluding hydrogens is 462 g/mol. The van der Waals surface area contributed by atoms with Gasteiger partial charge in [-0.15, -0.1) is 0 Å². The Labute approximate surface area is 196 Å². The number of hydrogen-bond donors (Lipinski definition) is 2. The van der Waals surface area contributed by atoms with E-state index in [1.165, 1.54) is 28.6 Å². The molecule has 180 valence electrons. The molecule has 2 N–H and O–H groups in total. The zero-order valence-electron chi connectivity index (χ0n) is 18.7. The summed E-state index contributed by atoms with van der Waals surface area (Å²) in [7, 11) is -7.51. The third-order valence-electron chi connectivity index (χ3n) is 5.70. The Morgan fingerprint density at radius 2 is 1.52 bits per heavy atom. The predicted molar refractivity (Wildman–Crippen MR) is 127 cm³/mol. The van der Waals surface area contributed by atoms with E-state index in [2.05, 4.69) is 10.0 Å². The van der Waals surface area contributed by atoms with Crippen LogP contribution in [0.4, 0.5) is 0 Å². The molecule has 10 heteroatoms. The number of rotatable bonds is 10. The average molecular weight is 494 g/mol. The quantitative estimate of drug-likeness (QED) is 0.494. The Hall–Kier alpha value is -2.27. The standard InChI is InChI=1S/C23H31N3O5S2/c1-19-12-14-21(15-13-19)32(28,29)25-17-16-24-23(27)18-26(20-8-4-2-5-9-20)33(30,31)22-10-6-3-7-11-22/h3,6-7,10-15,20,25H,2,4-5,8-9,16-18H2,1H3,(H,24,27). The highest BCUT2D eigenvalue weighted by Gasteiger charge is 2.33. The fourth-order valence-electron chi connectivity index (χ4n) is 3.89. The first-order valence-electron chi connectivity index (χ1n) is 11.1. The molecule has 2 aromatic rings. The monoisotopic (exact) mass is 493 g/mol. The number of nitrogens with zero attached hydrogens (tertiary/aromatic N) is 1. The zero-order valence-corrected chi connectivity index (χ0v) is 20.4. The maximum absolute atomic E-state index is 13.3. The summed E-state index contributed by atoms with van der Waals surface area (Å²) in [6.45, 7) is 1.62. The van der Waals surface area contributed by atoms with Crippen LogP contribution in [0.15, 0.2) is 64.4 Å². The molecule has 1 aliphatic rings. The lowest BCUT2D eigenvalue weighted by atomic mass is 9.95. The van der Waals surface area contributed by atoms with Gasteiger partial charge in [-0.25, -0.2) is 21.6 Å². The van der Waals surface area contributed by atoms with Crippen molar-refractivity contribution >= 4 is 26.0 Å². The lowest BCUT2D eigenvalue weighted by molar-refractivity contribution is -0.121. The van der Waals surface area contributed by atoms with Crippen LogP contribution in [0.25, 0.3) is 0 Å². The SMILES string of the molecule is Cc1ccc(S(=O)(=O)NCCNC(=O)CN(C2CCCCC2)S(=O)(=O)c2ccccc2)cc1. The third-order valence-corrected chi connectivity index (χ3v) is 9.09. The molecule has 0 radical (unpaired) electrons. The van der Waals surface area contributed by atoms with Crippen molar-refractivity contribution in [3.63, 3.8) is 0 Å². The molecule has 1 aliphatic carbocycles. The van der Waals surface area contributed by atoms with Crippen molar-refractivity contribution in [3.05, 3.63) is 60.2 Å². The lowest BCUT2D eigenvalue weighted by Crippen LogP contribution is -2.47. The number of amides is 1. The van der Waals surface area contributed by atoms with E-state index in [4.69, 9.17) is 0 Å². The number of carbonyl (C=O) groups is 1. The van der Waals surface area contributed by atoms with E-state index in [1.807, 2.05) is 6.92 Å². The van der Waals surface area contributed by atoms with Gasteiger partial charge in [0.15, 0.2) is 0 Å². The summed E-state index contributed by atoms with van der Waals surface area (Å²) in [4.78, 5) is 12.9. The number of hydrogen-bond acceptors (Lipinski definition) is 5. The fourth-order valence-corrected chi connectivity index (χ4v) is 6.59. The second-order valence-corrected chi connectivity index (χ2v) is 11.9. The van der Waals surface area contributed by atoms with E-state index in [-0.39, 0.29) is 35.5 Å². The highest BCUT2D eigenvalue weighted by molar-refractivity contribution is 7.89. The molecule has 0 unspecified atom stereocenters. The number of sulfonamides is 2. The van der Waals surface area contributed by atoms with Gasteiger partial charge in [-0.3, -0.25) is 4.79 Å². The van der Waals surface area contributed by atoms with Crippen molar-refractivity contribution in [2.45, 2.75) is 54.9 Å². The van der Waals surface area contributed by atoms with Crippen molar-refractivity contribution < 1.29 is 21.6 Å². The molecular formula is C23H31N3O5S2. The van der Waals surface area contributed by atoms with Crippen molar-refractivity contribution in [2.24, 2.45) is 0 Å². The van der Waals surface area contributed by atoms with Gasteiger partial charge in [-0.05, 0) is 44.0 Å². The molecule has 2 aromatic carbocycles. The lowest BCUT2D eigenvalue weighted by Gasteiger charge is -2.33. The van der Waals surface area contributed by atoms with Gasteiger partial charge in [0.25, 0.3) is 0 Å². The van der Waals surface area contributed by atoms with Crippen LogP contribution in [0.2, 0.25) is 0 Å². The van der Waals surface area contributed by atoms with E-state index < -0.39 is 26.0 Å². The summed E-state index contributed by atoms with van der Waals surface area (Å²) < 4.78 is 55.0. The first-order chi connectivity index (χ1) is 15.7. The smallest absolute Gasteiger partial charge is 0.243 e. The summed E-state index contributed by atoms with van der Waals surface area (Å²) in [5.41, 5.74) is 0.953. The average Bonchev–Trinajstić information content (AvgIpc) is 2.81. The highest BCUT2D eigenvalue weighted by atomic mass is 32.2. The topological polar surface area (TPSA) is 113 Å². The molecule has 0 saturated heterocycles.